The lowest BCUT2D eigenvalue weighted by Crippen LogP contribution is -2.26. The van der Waals surface area contributed by atoms with Crippen molar-refractivity contribution in [2.45, 2.75) is 18.4 Å². The fourth-order valence-electron chi connectivity index (χ4n) is 2.38. The van der Waals surface area contributed by atoms with Crippen LogP contribution in [0.15, 0.2) is 41.4 Å². The smallest absolute Gasteiger partial charge is 0.316 e. The molecule has 0 bridgehead atoms. The van der Waals surface area contributed by atoms with Crippen molar-refractivity contribution in [3.8, 4) is 0 Å². The van der Waals surface area contributed by atoms with Crippen molar-refractivity contribution in [1.82, 2.24) is 25.1 Å². The van der Waals surface area contributed by atoms with Crippen LogP contribution in [-0.2, 0) is 16.0 Å². The Morgan fingerprint density at radius 2 is 1.96 bits per heavy atom. The molecular weight excluding hydrogens is 385 g/mol. The van der Waals surface area contributed by atoms with Gasteiger partial charge < -0.3 is 10.1 Å². The first-order valence-corrected chi connectivity index (χ1v) is 9.59. The van der Waals surface area contributed by atoms with Crippen LogP contribution in [0.25, 0.3) is 5.65 Å². The average molecular weight is 403 g/mol. The van der Waals surface area contributed by atoms with Crippen LogP contribution >= 0.6 is 11.8 Å². The Balaban J connectivity index is 1.59. The number of nitrogens with one attached hydrogen (secondary N) is 1. The van der Waals surface area contributed by atoms with Crippen molar-refractivity contribution in [3.63, 3.8) is 0 Å². The fourth-order valence-corrected chi connectivity index (χ4v) is 3.03. The van der Waals surface area contributed by atoms with Gasteiger partial charge in [0.15, 0.2) is 11.5 Å². The molecule has 0 saturated heterocycles. The normalized spacial score (nSPS) is 10.8. The number of hydrogen-bond acceptors (Lipinski definition) is 7. The average Bonchev–Trinajstić information content (AvgIpc) is 3.09. The zero-order chi connectivity index (χ0) is 19.9. The van der Waals surface area contributed by atoms with Gasteiger partial charge in [0, 0.05) is 18.5 Å². The quantitative estimate of drug-likeness (QED) is 0.453. The number of hydrogen-bond donors (Lipinski definition) is 1. The van der Waals surface area contributed by atoms with E-state index in [1.54, 1.807) is 23.6 Å². The molecule has 0 fully saturated rings. The molecule has 28 heavy (non-hydrogen) atoms. The van der Waals surface area contributed by atoms with Crippen LogP contribution in [0.5, 0.6) is 0 Å². The number of thioether (sulfide) groups is 1. The number of fused-ring (bicyclic) bond motifs is 1. The molecule has 0 spiro atoms. The molecule has 0 radical (unpaired) electrons. The molecule has 1 amide bonds. The molecule has 1 N–H and O–H groups in total. The van der Waals surface area contributed by atoms with E-state index in [0.717, 1.165) is 0 Å². The van der Waals surface area contributed by atoms with E-state index < -0.39 is 5.82 Å². The zero-order valence-electron chi connectivity index (χ0n) is 15.1. The van der Waals surface area contributed by atoms with Crippen LogP contribution in [0.1, 0.15) is 23.1 Å². The summed E-state index contributed by atoms with van der Waals surface area (Å²) >= 11 is 1.26. The second-order valence-corrected chi connectivity index (χ2v) is 6.66. The van der Waals surface area contributed by atoms with Gasteiger partial charge in [-0.3, -0.25) is 9.59 Å². The predicted molar refractivity (Wildman–Crippen MR) is 101 cm³/mol. The summed E-state index contributed by atoms with van der Waals surface area (Å²) in [6.45, 7) is 2.41. The molecule has 3 rings (SSSR count). The largest absolute Gasteiger partial charge is 0.465 e. The number of rotatable bonds is 8. The Labute approximate surface area is 164 Å². The number of aromatic nitrogens is 4. The molecule has 2 heterocycles. The Bertz CT molecular complexity index is 977. The number of halogens is 1. The third kappa shape index (κ3) is 5.03. The van der Waals surface area contributed by atoms with Gasteiger partial charge in [-0.2, -0.15) is 9.61 Å². The number of amides is 1. The standard InChI is InChI=1S/C18H18FN5O3S/c1-2-27-17(25)11-28-16-8-7-14-21-22-15(24(14)23-16)9-10-20-18(26)12-3-5-13(19)6-4-12/h3-8H,2,9-11H2,1H3,(H,20,26). The fraction of sp³-hybridized carbons (Fsp3) is 0.278. The van der Waals surface area contributed by atoms with E-state index in [-0.39, 0.29) is 17.6 Å². The first-order valence-electron chi connectivity index (χ1n) is 8.60. The van der Waals surface area contributed by atoms with Crippen LogP contribution in [0.4, 0.5) is 4.39 Å². The summed E-state index contributed by atoms with van der Waals surface area (Å²) in [4.78, 5) is 23.5. The zero-order valence-corrected chi connectivity index (χ0v) is 15.9. The molecule has 1 aromatic carbocycles. The summed E-state index contributed by atoms with van der Waals surface area (Å²) in [5.41, 5.74) is 0.948. The summed E-state index contributed by atoms with van der Waals surface area (Å²) < 4.78 is 19.4. The van der Waals surface area contributed by atoms with E-state index in [1.165, 1.54) is 36.0 Å². The molecule has 0 saturated carbocycles. The first kappa shape index (κ1) is 19.7. The monoisotopic (exact) mass is 403 g/mol. The Morgan fingerprint density at radius 1 is 1.18 bits per heavy atom. The van der Waals surface area contributed by atoms with E-state index in [9.17, 15) is 14.0 Å². The van der Waals surface area contributed by atoms with Crippen molar-refractivity contribution >= 4 is 29.3 Å². The van der Waals surface area contributed by atoms with Crippen molar-refractivity contribution in [1.29, 1.82) is 0 Å². The Kier molecular flexibility index (Phi) is 6.53. The molecule has 0 atom stereocenters. The molecule has 0 unspecified atom stereocenters. The van der Waals surface area contributed by atoms with Crippen LogP contribution in [0.3, 0.4) is 0 Å². The highest BCUT2D eigenvalue weighted by atomic mass is 32.2. The number of nitrogens with zero attached hydrogens (tertiary/aromatic N) is 4. The lowest BCUT2D eigenvalue weighted by Gasteiger charge is -2.05. The highest BCUT2D eigenvalue weighted by molar-refractivity contribution is 7.99. The van der Waals surface area contributed by atoms with Crippen molar-refractivity contribution in [2.75, 3.05) is 18.9 Å². The molecule has 0 aliphatic rings. The van der Waals surface area contributed by atoms with Gasteiger partial charge in [-0.15, -0.1) is 10.2 Å². The molecular formula is C18H18FN5O3S. The Morgan fingerprint density at radius 3 is 2.71 bits per heavy atom. The molecule has 0 aliphatic carbocycles. The van der Waals surface area contributed by atoms with E-state index >= 15 is 0 Å². The van der Waals surface area contributed by atoms with Gasteiger partial charge in [0.05, 0.1) is 12.4 Å². The van der Waals surface area contributed by atoms with Gasteiger partial charge in [-0.25, -0.2) is 4.39 Å². The van der Waals surface area contributed by atoms with Crippen LogP contribution in [0, 0.1) is 5.82 Å². The van der Waals surface area contributed by atoms with Gasteiger partial charge in [-0.1, -0.05) is 11.8 Å². The number of esters is 1. The summed E-state index contributed by atoms with van der Waals surface area (Å²) in [7, 11) is 0. The minimum absolute atomic E-state index is 0.164. The van der Waals surface area contributed by atoms with E-state index in [4.69, 9.17) is 4.74 Å². The Hall–Kier alpha value is -3.01. The third-order valence-electron chi connectivity index (χ3n) is 3.69. The number of benzene rings is 1. The molecule has 10 heteroatoms. The number of carbonyl (C=O) groups excluding carboxylic acids is 2. The summed E-state index contributed by atoms with van der Waals surface area (Å²) in [6.07, 6.45) is 0.410. The van der Waals surface area contributed by atoms with Crippen LogP contribution in [-0.4, -0.2) is 50.6 Å². The van der Waals surface area contributed by atoms with Crippen molar-refractivity contribution < 1.29 is 18.7 Å². The SMILES string of the molecule is CCOC(=O)CSc1ccc2nnc(CCNC(=O)c3ccc(F)cc3)n2n1. The molecule has 8 nitrogen and oxygen atoms in total. The van der Waals surface area contributed by atoms with E-state index in [2.05, 4.69) is 20.6 Å². The summed E-state index contributed by atoms with van der Waals surface area (Å²) in [5.74, 6) is -0.256. The van der Waals surface area contributed by atoms with E-state index in [0.29, 0.717) is 41.6 Å². The topological polar surface area (TPSA) is 98.5 Å². The molecule has 2 aromatic heterocycles. The maximum Gasteiger partial charge on any atom is 0.316 e. The van der Waals surface area contributed by atoms with Gasteiger partial charge in [-0.05, 0) is 43.3 Å². The molecule has 146 valence electrons. The molecule has 3 aromatic rings. The number of ether oxygens (including phenoxy) is 1. The van der Waals surface area contributed by atoms with Gasteiger partial charge in [0.25, 0.3) is 5.91 Å². The van der Waals surface area contributed by atoms with Crippen LogP contribution < -0.4 is 5.32 Å². The van der Waals surface area contributed by atoms with Gasteiger partial charge in [0.2, 0.25) is 0 Å². The number of carbonyl (C=O) groups is 2. The maximum atomic E-state index is 12.9. The highest BCUT2D eigenvalue weighted by Crippen LogP contribution is 2.16. The predicted octanol–water partition coefficient (Wildman–Crippen LogP) is 1.89. The van der Waals surface area contributed by atoms with Crippen molar-refractivity contribution in [3.05, 3.63) is 53.6 Å². The summed E-state index contributed by atoms with van der Waals surface area (Å²) in [5, 5.41) is 16.0. The summed E-state index contributed by atoms with van der Waals surface area (Å²) in [6, 6.07) is 8.83. The second kappa shape index (κ2) is 9.27. The van der Waals surface area contributed by atoms with E-state index in [1.807, 2.05) is 0 Å². The highest BCUT2D eigenvalue weighted by Gasteiger charge is 2.11. The van der Waals surface area contributed by atoms with Crippen molar-refractivity contribution in [2.24, 2.45) is 0 Å². The minimum Gasteiger partial charge on any atom is -0.465 e. The molecule has 0 aliphatic heterocycles. The minimum atomic E-state index is -0.394. The maximum absolute atomic E-state index is 12.9. The lowest BCUT2D eigenvalue weighted by molar-refractivity contribution is -0.139. The first-order chi connectivity index (χ1) is 13.6. The lowest BCUT2D eigenvalue weighted by atomic mass is 10.2. The third-order valence-corrected chi connectivity index (χ3v) is 4.58. The van der Waals surface area contributed by atoms with Gasteiger partial charge in [0.1, 0.15) is 10.8 Å². The second-order valence-electron chi connectivity index (χ2n) is 5.66. The van der Waals surface area contributed by atoms with Crippen LogP contribution in [0.2, 0.25) is 0 Å². The van der Waals surface area contributed by atoms with Gasteiger partial charge >= 0.3 is 5.97 Å².